The van der Waals surface area contributed by atoms with Crippen LogP contribution in [0.15, 0.2) is 52.4 Å². The van der Waals surface area contributed by atoms with Gasteiger partial charge in [0.15, 0.2) is 0 Å². The Morgan fingerprint density at radius 1 is 0.702 bits per heavy atom. The van der Waals surface area contributed by atoms with E-state index >= 15 is 0 Å². The molecule has 1 aliphatic carbocycles. The zero-order chi connectivity index (χ0) is 34.0. The molecule has 0 aromatic heterocycles. The number of hydrogen-bond acceptors (Lipinski definition) is 5. The van der Waals surface area contributed by atoms with Crippen LogP contribution < -0.4 is 10.2 Å². The molecule has 1 unspecified atom stereocenters. The maximum absolute atomic E-state index is 12.8. The van der Waals surface area contributed by atoms with E-state index in [-0.39, 0.29) is 44.9 Å². The summed E-state index contributed by atoms with van der Waals surface area (Å²) >= 11 is 0. The zero-order valence-corrected chi connectivity index (χ0v) is 31.4. The minimum absolute atomic E-state index is 0. The van der Waals surface area contributed by atoms with Crippen molar-refractivity contribution < 1.29 is 31.4 Å². The van der Waals surface area contributed by atoms with Gasteiger partial charge in [-0.1, -0.05) is 109 Å². The number of ether oxygens (including phenoxy) is 1. The first-order valence-corrected chi connectivity index (χ1v) is 17.0. The molecule has 256 valence electrons. The number of hydrogen-bond donors (Lipinski definition) is 0. The van der Waals surface area contributed by atoms with Crippen molar-refractivity contribution in [1.82, 2.24) is 0 Å². The largest absolute Gasteiger partial charge is 2.00 e. The first-order valence-electron chi connectivity index (χ1n) is 17.0. The predicted octanol–water partition coefficient (Wildman–Crippen LogP) is 10.0. The van der Waals surface area contributed by atoms with Crippen LogP contribution in [-0.4, -0.2) is 17.7 Å². The van der Waals surface area contributed by atoms with Crippen molar-refractivity contribution in [2.24, 2.45) is 9.98 Å². The molecule has 0 spiro atoms. The molecule has 1 atom stereocenters. The van der Waals surface area contributed by atoms with Gasteiger partial charge in [-0.05, 0) is 97.6 Å². The van der Waals surface area contributed by atoms with Gasteiger partial charge in [-0.25, -0.2) is 9.98 Å². The van der Waals surface area contributed by atoms with Crippen LogP contribution in [0.4, 0.5) is 11.4 Å². The third-order valence-corrected chi connectivity index (χ3v) is 9.25. The molecule has 1 heterocycles. The minimum Gasteiger partial charge on any atom is -0.873 e. The SMILES string of the molecule is CC(C)(C)c1cc(C2CCCCC2)c(C(C)(C)C)c([O-])c1[O-].Cc1cccc(C)c1N=C1CC(C)OC1=Nc1c(C)cccc1C.[Ni+2]. The summed E-state index contributed by atoms with van der Waals surface area (Å²) in [6.07, 6.45) is 6.93. The van der Waals surface area contributed by atoms with Gasteiger partial charge in [0.25, 0.3) is 0 Å². The molecule has 1 aliphatic heterocycles. The maximum Gasteiger partial charge on any atom is 2.00 e. The fraction of sp³-hybridized carbons (Fsp3) is 0.512. The van der Waals surface area contributed by atoms with Crippen LogP contribution >= 0.6 is 0 Å². The smallest absolute Gasteiger partial charge is 0.873 e. The first kappa shape index (κ1) is 38.3. The first-order chi connectivity index (χ1) is 21.5. The van der Waals surface area contributed by atoms with Crippen LogP contribution in [0.25, 0.3) is 0 Å². The predicted molar refractivity (Wildman–Crippen MR) is 190 cm³/mol. The van der Waals surface area contributed by atoms with Crippen molar-refractivity contribution in [3.63, 3.8) is 0 Å². The minimum atomic E-state index is -0.294. The normalized spacial score (nSPS) is 18.8. The molecule has 0 amide bonds. The quantitative estimate of drug-likeness (QED) is 0.258. The number of aryl methyl sites for hydroxylation is 4. The Kier molecular flexibility index (Phi) is 12.6. The van der Waals surface area contributed by atoms with Gasteiger partial charge in [0, 0.05) is 6.42 Å². The van der Waals surface area contributed by atoms with E-state index in [1.807, 2.05) is 41.5 Å². The molecule has 0 radical (unpaired) electrons. The molecular formula is C41H54N2NiO3. The average molecular weight is 682 g/mol. The summed E-state index contributed by atoms with van der Waals surface area (Å²) in [5.74, 6) is 0.539. The number of benzene rings is 3. The second-order valence-electron chi connectivity index (χ2n) is 15.5. The van der Waals surface area contributed by atoms with Gasteiger partial charge in [0.05, 0.1) is 11.4 Å². The fourth-order valence-corrected chi connectivity index (χ4v) is 6.77. The van der Waals surface area contributed by atoms with Gasteiger partial charge >= 0.3 is 16.5 Å². The van der Waals surface area contributed by atoms with E-state index in [0.29, 0.717) is 17.4 Å². The van der Waals surface area contributed by atoms with Crippen LogP contribution in [-0.2, 0) is 32.1 Å². The number of aliphatic imine (C=N–C) groups is 2. The second-order valence-corrected chi connectivity index (χ2v) is 15.5. The van der Waals surface area contributed by atoms with Gasteiger partial charge in [-0.15, -0.1) is 11.5 Å². The van der Waals surface area contributed by atoms with Crippen LogP contribution in [0.1, 0.15) is 132 Å². The van der Waals surface area contributed by atoms with Crippen molar-refractivity contribution in [1.29, 1.82) is 0 Å². The van der Waals surface area contributed by atoms with Crippen LogP contribution in [0, 0.1) is 27.7 Å². The number of rotatable bonds is 3. The number of nitrogens with zero attached hydrogens (tertiary/aromatic N) is 2. The summed E-state index contributed by atoms with van der Waals surface area (Å²) in [7, 11) is 0. The average Bonchev–Trinajstić information content (AvgIpc) is 3.32. The van der Waals surface area contributed by atoms with Gasteiger partial charge in [0.2, 0.25) is 5.90 Å². The Labute approximate surface area is 293 Å². The molecule has 1 saturated heterocycles. The van der Waals surface area contributed by atoms with E-state index in [4.69, 9.17) is 14.7 Å². The van der Waals surface area contributed by atoms with Crippen molar-refractivity contribution in [3.8, 4) is 11.5 Å². The molecular weight excluding hydrogens is 627 g/mol. The number of para-hydroxylation sites is 2. The summed E-state index contributed by atoms with van der Waals surface area (Å²) < 4.78 is 5.96. The summed E-state index contributed by atoms with van der Waals surface area (Å²) in [5, 5.41) is 25.4. The molecule has 5 nitrogen and oxygen atoms in total. The van der Waals surface area contributed by atoms with Gasteiger partial charge in [-0.3, -0.25) is 0 Å². The summed E-state index contributed by atoms with van der Waals surface area (Å²) in [6, 6.07) is 14.5. The van der Waals surface area contributed by atoms with Crippen molar-refractivity contribution in [3.05, 3.63) is 81.4 Å². The summed E-state index contributed by atoms with van der Waals surface area (Å²) in [6.45, 7) is 22.6. The molecule has 3 aromatic carbocycles. The van der Waals surface area contributed by atoms with E-state index in [1.54, 1.807) is 0 Å². The standard InChI is InChI=1S/C21H24N2O.C20H32O2.Ni/c1-13-8-6-9-14(2)19(13)22-18-12-17(5)24-21(18)23-20-15(3)10-7-11-16(20)4;1-19(2,3)15-12-14(13-10-8-7-9-11-13)16(20(4,5)6)18(22)17(15)21;/h6-11,17H,12H2,1-5H3;12-13,21-22H,7-11H2,1-6H3;/q;;+2/p-2. The molecule has 3 aromatic rings. The molecule has 47 heavy (non-hydrogen) atoms. The topological polar surface area (TPSA) is 80.1 Å². The molecule has 6 heteroatoms. The van der Waals surface area contributed by atoms with Crippen LogP contribution in [0.2, 0.25) is 0 Å². The molecule has 5 rings (SSSR count). The Balaban J connectivity index is 0.000000251. The monoisotopic (exact) mass is 680 g/mol. The summed E-state index contributed by atoms with van der Waals surface area (Å²) in [5.41, 5.74) is 9.63. The third-order valence-electron chi connectivity index (χ3n) is 9.25. The second kappa shape index (κ2) is 15.4. The Hall–Kier alpha value is -3.11. The van der Waals surface area contributed by atoms with Crippen LogP contribution in [0.3, 0.4) is 0 Å². The van der Waals surface area contributed by atoms with E-state index < -0.39 is 0 Å². The van der Waals surface area contributed by atoms with E-state index in [0.717, 1.165) is 58.6 Å². The van der Waals surface area contributed by atoms with Crippen molar-refractivity contribution in [2.75, 3.05) is 0 Å². The Morgan fingerprint density at radius 3 is 1.66 bits per heavy atom. The molecule has 1 saturated carbocycles. The Bertz CT molecular complexity index is 1510. The molecule has 2 aliphatic rings. The summed E-state index contributed by atoms with van der Waals surface area (Å²) in [4.78, 5) is 9.71. The van der Waals surface area contributed by atoms with Crippen molar-refractivity contribution in [2.45, 2.75) is 138 Å². The third kappa shape index (κ3) is 9.08. The van der Waals surface area contributed by atoms with Crippen molar-refractivity contribution >= 4 is 23.0 Å². The van der Waals surface area contributed by atoms with E-state index in [9.17, 15) is 10.2 Å². The van der Waals surface area contributed by atoms with Crippen LogP contribution in [0.5, 0.6) is 11.5 Å². The fourth-order valence-electron chi connectivity index (χ4n) is 6.77. The maximum atomic E-state index is 12.8. The molecule has 0 N–H and O–H groups in total. The van der Waals surface area contributed by atoms with Gasteiger partial charge in [0.1, 0.15) is 11.8 Å². The van der Waals surface area contributed by atoms with Gasteiger partial charge < -0.3 is 14.9 Å². The Morgan fingerprint density at radius 2 is 1.19 bits per heavy atom. The van der Waals surface area contributed by atoms with E-state index in [2.05, 4.69) is 77.1 Å². The van der Waals surface area contributed by atoms with E-state index in [1.165, 1.54) is 30.4 Å². The molecule has 0 bridgehead atoms. The van der Waals surface area contributed by atoms with Gasteiger partial charge in [-0.2, -0.15) is 0 Å². The molecule has 2 fully saturated rings. The zero-order valence-electron chi connectivity index (χ0n) is 30.4.